The van der Waals surface area contributed by atoms with Crippen LogP contribution in [0.25, 0.3) is 0 Å². The SMILES string of the molecule is Cc1ccc(NC(=O)N2CCC(F)(c3nc(C4CCCC4)no3)C2)cc1. The summed E-state index contributed by atoms with van der Waals surface area (Å²) >= 11 is 0. The molecular weight excluding hydrogens is 335 g/mol. The molecular formula is C19H23FN4O2. The van der Waals surface area contributed by atoms with Crippen LogP contribution in [0, 0.1) is 6.92 Å². The molecule has 4 rings (SSSR count). The molecule has 138 valence electrons. The Kier molecular flexibility index (Phi) is 4.38. The van der Waals surface area contributed by atoms with Crippen LogP contribution in [0.3, 0.4) is 0 Å². The predicted octanol–water partition coefficient (Wildman–Crippen LogP) is 4.14. The molecule has 1 saturated heterocycles. The lowest BCUT2D eigenvalue weighted by atomic mass is 10.1. The fraction of sp³-hybridized carbons (Fsp3) is 0.526. The molecule has 2 heterocycles. The second-order valence-electron chi connectivity index (χ2n) is 7.37. The van der Waals surface area contributed by atoms with Crippen molar-refractivity contribution in [3.05, 3.63) is 41.5 Å². The average Bonchev–Trinajstić information content (AvgIpc) is 3.37. The number of rotatable bonds is 3. The van der Waals surface area contributed by atoms with Crippen molar-refractivity contribution in [1.29, 1.82) is 0 Å². The highest BCUT2D eigenvalue weighted by Gasteiger charge is 2.46. The van der Waals surface area contributed by atoms with Crippen molar-refractivity contribution in [1.82, 2.24) is 15.0 Å². The molecule has 6 nitrogen and oxygen atoms in total. The van der Waals surface area contributed by atoms with Gasteiger partial charge in [0.25, 0.3) is 5.89 Å². The van der Waals surface area contributed by atoms with E-state index < -0.39 is 5.67 Å². The van der Waals surface area contributed by atoms with Gasteiger partial charge in [0.05, 0.1) is 6.54 Å². The van der Waals surface area contributed by atoms with Gasteiger partial charge >= 0.3 is 6.03 Å². The van der Waals surface area contributed by atoms with Gasteiger partial charge in [0.2, 0.25) is 5.67 Å². The zero-order chi connectivity index (χ0) is 18.1. The molecule has 1 aliphatic carbocycles. The Balaban J connectivity index is 1.41. The van der Waals surface area contributed by atoms with Gasteiger partial charge in [-0.3, -0.25) is 0 Å². The molecule has 1 aliphatic heterocycles. The third-order valence-electron chi connectivity index (χ3n) is 5.35. The largest absolute Gasteiger partial charge is 0.336 e. The van der Waals surface area contributed by atoms with E-state index in [1.54, 1.807) is 0 Å². The number of carbonyl (C=O) groups is 1. The van der Waals surface area contributed by atoms with Crippen molar-refractivity contribution in [3.8, 4) is 0 Å². The molecule has 2 amide bonds. The highest BCUT2D eigenvalue weighted by Crippen LogP contribution is 2.38. The van der Waals surface area contributed by atoms with Gasteiger partial charge in [0.1, 0.15) is 0 Å². The highest BCUT2D eigenvalue weighted by atomic mass is 19.1. The lowest BCUT2D eigenvalue weighted by Crippen LogP contribution is -2.35. The number of hydrogen-bond donors (Lipinski definition) is 1. The number of urea groups is 1. The molecule has 26 heavy (non-hydrogen) atoms. The minimum Gasteiger partial charge on any atom is -0.336 e. The van der Waals surface area contributed by atoms with E-state index in [2.05, 4.69) is 15.5 Å². The maximum atomic E-state index is 15.3. The highest BCUT2D eigenvalue weighted by molar-refractivity contribution is 5.89. The van der Waals surface area contributed by atoms with Crippen molar-refractivity contribution >= 4 is 11.7 Å². The third-order valence-corrected chi connectivity index (χ3v) is 5.35. The Morgan fingerprint density at radius 3 is 2.77 bits per heavy atom. The van der Waals surface area contributed by atoms with Crippen molar-refractivity contribution in [3.63, 3.8) is 0 Å². The first kappa shape index (κ1) is 17.0. The number of hydrogen-bond acceptors (Lipinski definition) is 4. The first-order chi connectivity index (χ1) is 12.5. The van der Waals surface area contributed by atoms with Gasteiger partial charge in [-0.1, -0.05) is 35.7 Å². The zero-order valence-corrected chi connectivity index (χ0v) is 14.9. The first-order valence-corrected chi connectivity index (χ1v) is 9.19. The summed E-state index contributed by atoms with van der Waals surface area (Å²) in [5.41, 5.74) is 0.0359. The number of aryl methyl sites for hydroxylation is 1. The summed E-state index contributed by atoms with van der Waals surface area (Å²) in [6.45, 7) is 2.22. The van der Waals surface area contributed by atoms with Crippen LogP contribution in [-0.2, 0) is 5.67 Å². The topological polar surface area (TPSA) is 71.3 Å². The summed E-state index contributed by atoms with van der Waals surface area (Å²) in [7, 11) is 0. The molecule has 1 unspecified atom stereocenters. The Morgan fingerprint density at radius 2 is 2.04 bits per heavy atom. The summed E-state index contributed by atoms with van der Waals surface area (Å²) < 4.78 is 20.6. The van der Waals surface area contributed by atoms with Gasteiger partial charge in [-0.2, -0.15) is 4.98 Å². The van der Waals surface area contributed by atoms with Gasteiger partial charge in [0, 0.05) is 24.6 Å². The van der Waals surface area contributed by atoms with Crippen LogP contribution in [0.5, 0.6) is 0 Å². The molecule has 1 aromatic heterocycles. The normalized spacial score (nSPS) is 23.5. The average molecular weight is 358 g/mol. The Hall–Kier alpha value is -2.44. The number of nitrogens with zero attached hydrogens (tertiary/aromatic N) is 3. The van der Waals surface area contributed by atoms with Gasteiger partial charge in [-0.05, 0) is 31.9 Å². The lowest BCUT2D eigenvalue weighted by molar-refractivity contribution is 0.121. The molecule has 0 radical (unpaired) electrons. The fourth-order valence-electron chi connectivity index (χ4n) is 3.73. The second kappa shape index (κ2) is 6.70. The predicted molar refractivity (Wildman–Crippen MR) is 94.7 cm³/mol. The van der Waals surface area contributed by atoms with Crippen LogP contribution < -0.4 is 5.32 Å². The molecule has 2 fully saturated rings. The summed E-state index contributed by atoms with van der Waals surface area (Å²) in [6.07, 6.45) is 4.54. The van der Waals surface area contributed by atoms with Gasteiger partial charge in [-0.15, -0.1) is 0 Å². The molecule has 1 atom stereocenters. The Labute approximate surface area is 151 Å². The van der Waals surface area contributed by atoms with Crippen LogP contribution in [0.1, 0.15) is 55.3 Å². The third kappa shape index (κ3) is 3.30. The summed E-state index contributed by atoms with van der Waals surface area (Å²) in [6, 6.07) is 7.18. The monoisotopic (exact) mass is 358 g/mol. The number of alkyl halides is 1. The van der Waals surface area contributed by atoms with E-state index in [9.17, 15) is 4.79 Å². The zero-order valence-electron chi connectivity index (χ0n) is 14.9. The van der Waals surface area contributed by atoms with Crippen LogP contribution in [-0.4, -0.2) is 34.2 Å². The Bertz CT molecular complexity index is 785. The number of amides is 2. The maximum absolute atomic E-state index is 15.3. The molecule has 1 saturated carbocycles. The molecule has 2 aromatic rings. The van der Waals surface area contributed by atoms with Crippen molar-refractivity contribution in [2.24, 2.45) is 0 Å². The van der Waals surface area contributed by atoms with Crippen molar-refractivity contribution < 1.29 is 13.7 Å². The van der Waals surface area contributed by atoms with Crippen LogP contribution in [0.4, 0.5) is 14.9 Å². The van der Waals surface area contributed by atoms with E-state index in [0.717, 1.165) is 31.2 Å². The van der Waals surface area contributed by atoms with E-state index >= 15 is 4.39 Å². The molecule has 1 N–H and O–H groups in total. The number of aromatic nitrogens is 2. The van der Waals surface area contributed by atoms with Crippen LogP contribution >= 0.6 is 0 Å². The molecule has 0 bridgehead atoms. The van der Waals surface area contributed by atoms with Gasteiger partial charge < -0.3 is 14.7 Å². The summed E-state index contributed by atoms with van der Waals surface area (Å²) in [5.74, 6) is 0.889. The number of anilines is 1. The number of carbonyl (C=O) groups excluding carboxylic acids is 1. The number of likely N-dealkylation sites (tertiary alicyclic amines) is 1. The van der Waals surface area contributed by atoms with Gasteiger partial charge in [-0.25, -0.2) is 9.18 Å². The quantitative estimate of drug-likeness (QED) is 0.895. The first-order valence-electron chi connectivity index (χ1n) is 9.19. The van der Waals surface area contributed by atoms with E-state index in [4.69, 9.17) is 4.52 Å². The van der Waals surface area contributed by atoms with Crippen molar-refractivity contribution in [2.45, 2.75) is 50.6 Å². The summed E-state index contributed by atoms with van der Waals surface area (Å²) in [5, 5.41) is 6.79. The van der Waals surface area contributed by atoms with Crippen LogP contribution in [0.15, 0.2) is 28.8 Å². The smallest absolute Gasteiger partial charge is 0.321 e. The molecule has 2 aliphatic rings. The molecule has 7 heteroatoms. The standard InChI is InChI=1S/C19H23FN4O2/c1-13-6-8-15(9-7-13)21-18(25)24-11-10-19(20,12-24)17-22-16(23-26-17)14-4-2-3-5-14/h6-9,14H,2-5,10-12H2,1H3,(H,21,25). The lowest BCUT2D eigenvalue weighted by Gasteiger charge is -2.18. The fourth-order valence-corrected chi connectivity index (χ4v) is 3.73. The second-order valence-corrected chi connectivity index (χ2v) is 7.37. The molecule has 0 spiro atoms. The number of nitrogens with one attached hydrogen (secondary N) is 1. The van der Waals surface area contributed by atoms with Gasteiger partial charge in [0.15, 0.2) is 5.82 Å². The summed E-state index contributed by atoms with van der Waals surface area (Å²) in [4.78, 5) is 18.2. The Morgan fingerprint density at radius 1 is 1.31 bits per heavy atom. The van der Waals surface area contributed by atoms with E-state index in [-0.39, 0.29) is 30.8 Å². The van der Waals surface area contributed by atoms with E-state index in [1.807, 2.05) is 31.2 Å². The number of halogens is 1. The minimum atomic E-state index is -1.77. The number of benzene rings is 1. The van der Waals surface area contributed by atoms with Crippen molar-refractivity contribution in [2.75, 3.05) is 18.4 Å². The molecule has 1 aromatic carbocycles. The van der Waals surface area contributed by atoms with Crippen LogP contribution in [0.2, 0.25) is 0 Å². The van der Waals surface area contributed by atoms with E-state index in [0.29, 0.717) is 18.1 Å². The minimum absolute atomic E-state index is 0.00466. The van der Waals surface area contributed by atoms with E-state index in [1.165, 1.54) is 4.90 Å². The maximum Gasteiger partial charge on any atom is 0.321 e.